The molecule has 1 rings (SSSR count). The normalized spacial score (nSPS) is 15.8. The Morgan fingerprint density at radius 1 is 0.850 bits per heavy atom. The predicted octanol–water partition coefficient (Wildman–Crippen LogP) is 4.42. The van der Waals surface area contributed by atoms with Crippen molar-refractivity contribution in [2.75, 3.05) is 13.1 Å². The van der Waals surface area contributed by atoms with Crippen LogP contribution in [-0.2, 0) is 4.79 Å². The Hall–Kier alpha value is -0.570. The first-order valence-corrected chi connectivity index (χ1v) is 8.87. The van der Waals surface area contributed by atoms with Gasteiger partial charge in [-0.3, -0.25) is 10.2 Å². The third kappa shape index (κ3) is 9.35. The van der Waals surface area contributed by atoms with Gasteiger partial charge in [-0.25, -0.2) is 5.01 Å². The molecule has 3 nitrogen and oxygen atoms in total. The van der Waals surface area contributed by atoms with Crippen LogP contribution in [0.15, 0.2) is 0 Å². The lowest BCUT2D eigenvalue weighted by Crippen LogP contribution is -2.33. The molecule has 3 heteroatoms. The lowest BCUT2D eigenvalue weighted by atomic mass is 10.1. The molecule has 1 saturated heterocycles. The van der Waals surface area contributed by atoms with Gasteiger partial charge < -0.3 is 0 Å². The second-order valence-corrected chi connectivity index (χ2v) is 6.16. The maximum Gasteiger partial charge on any atom is 0.235 e. The maximum atomic E-state index is 11.0. The summed E-state index contributed by atoms with van der Waals surface area (Å²) in [6, 6.07) is 0. The molecule has 1 amide bonds. The molecular formula is C17H34N2O. The molecule has 0 unspecified atom stereocenters. The monoisotopic (exact) mass is 282 g/mol. The predicted molar refractivity (Wildman–Crippen MR) is 85.4 cm³/mol. The second kappa shape index (κ2) is 12.2. The molecule has 0 bridgehead atoms. The summed E-state index contributed by atoms with van der Waals surface area (Å²) in [5.74, 6) is 0.184. The highest BCUT2D eigenvalue weighted by atomic mass is 16.2. The summed E-state index contributed by atoms with van der Waals surface area (Å²) in [4.78, 5) is 11.0. The average Bonchev–Trinajstić information content (AvgIpc) is 2.86. The maximum absolute atomic E-state index is 11.0. The third-order valence-corrected chi connectivity index (χ3v) is 4.17. The van der Waals surface area contributed by atoms with E-state index in [2.05, 4.69) is 17.4 Å². The number of unbranched alkanes of at least 4 members (excludes halogenated alkanes) is 11. The van der Waals surface area contributed by atoms with Gasteiger partial charge in [0, 0.05) is 19.5 Å². The summed E-state index contributed by atoms with van der Waals surface area (Å²) in [6.07, 6.45) is 17.3. The Kier molecular flexibility index (Phi) is 10.7. The molecule has 1 aliphatic heterocycles. The van der Waals surface area contributed by atoms with E-state index in [1.165, 1.54) is 77.0 Å². The van der Waals surface area contributed by atoms with E-state index in [1.54, 1.807) is 0 Å². The van der Waals surface area contributed by atoms with Crippen LogP contribution in [0.3, 0.4) is 0 Å². The molecule has 0 aliphatic carbocycles. The largest absolute Gasteiger partial charge is 0.289 e. The molecule has 20 heavy (non-hydrogen) atoms. The van der Waals surface area contributed by atoms with Gasteiger partial charge in [-0.15, -0.1) is 0 Å². The Morgan fingerprint density at radius 3 is 1.80 bits per heavy atom. The van der Waals surface area contributed by atoms with Gasteiger partial charge in [0.15, 0.2) is 0 Å². The van der Waals surface area contributed by atoms with Gasteiger partial charge in [0.2, 0.25) is 5.91 Å². The summed E-state index contributed by atoms with van der Waals surface area (Å²) >= 11 is 0. The molecule has 1 N–H and O–H groups in total. The molecule has 0 radical (unpaired) electrons. The lowest BCUT2D eigenvalue weighted by Gasteiger charge is -2.13. The fraction of sp³-hybridized carbons (Fsp3) is 0.941. The summed E-state index contributed by atoms with van der Waals surface area (Å²) in [7, 11) is 0. The van der Waals surface area contributed by atoms with E-state index in [9.17, 15) is 4.79 Å². The highest BCUT2D eigenvalue weighted by Gasteiger charge is 2.16. The summed E-state index contributed by atoms with van der Waals surface area (Å²) in [6.45, 7) is 4.21. The number of amides is 1. The number of rotatable bonds is 13. The van der Waals surface area contributed by atoms with Crippen molar-refractivity contribution in [2.45, 2.75) is 90.4 Å². The first kappa shape index (κ1) is 17.5. The van der Waals surface area contributed by atoms with Crippen molar-refractivity contribution < 1.29 is 4.79 Å². The third-order valence-electron chi connectivity index (χ3n) is 4.17. The van der Waals surface area contributed by atoms with Crippen molar-refractivity contribution in [3.05, 3.63) is 0 Å². The topological polar surface area (TPSA) is 32.3 Å². The molecule has 118 valence electrons. The Bertz CT molecular complexity index is 243. The van der Waals surface area contributed by atoms with Gasteiger partial charge in [-0.05, 0) is 6.42 Å². The lowest BCUT2D eigenvalue weighted by molar-refractivity contribution is -0.121. The van der Waals surface area contributed by atoms with Crippen LogP contribution in [0, 0.1) is 0 Å². The summed E-state index contributed by atoms with van der Waals surface area (Å²) < 4.78 is 0. The molecule has 0 aromatic carbocycles. The number of nitrogens with zero attached hydrogens (tertiary/aromatic N) is 1. The van der Waals surface area contributed by atoms with E-state index in [0.29, 0.717) is 6.42 Å². The number of hydrogen-bond acceptors (Lipinski definition) is 2. The average molecular weight is 282 g/mol. The molecule has 0 atom stereocenters. The quantitative estimate of drug-likeness (QED) is 0.507. The van der Waals surface area contributed by atoms with E-state index in [4.69, 9.17) is 0 Å². The SMILES string of the molecule is CCCCCCCCCCCCCCN1CCC(=O)N1. The van der Waals surface area contributed by atoms with Crippen LogP contribution in [0.1, 0.15) is 90.4 Å². The van der Waals surface area contributed by atoms with Crippen LogP contribution in [0.4, 0.5) is 0 Å². The number of hydrogen-bond donors (Lipinski definition) is 1. The van der Waals surface area contributed by atoms with Crippen LogP contribution in [0.25, 0.3) is 0 Å². The fourth-order valence-corrected chi connectivity index (χ4v) is 2.84. The van der Waals surface area contributed by atoms with Gasteiger partial charge >= 0.3 is 0 Å². The molecule has 0 spiro atoms. The van der Waals surface area contributed by atoms with Crippen LogP contribution in [0.2, 0.25) is 0 Å². The summed E-state index contributed by atoms with van der Waals surface area (Å²) in [5.41, 5.74) is 2.89. The van der Waals surface area contributed by atoms with E-state index < -0.39 is 0 Å². The van der Waals surface area contributed by atoms with Crippen LogP contribution in [0.5, 0.6) is 0 Å². The number of carbonyl (C=O) groups is 1. The van der Waals surface area contributed by atoms with Gasteiger partial charge in [-0.2, -0.15) is 0 Å². The van der Waals surface area contributed by atoms with Gasteiger partial charge in [0.1, 0.15) is 0 Å². The van der Waals surface area contributed by atoms with Crippen LogP contribution in [-0.4, -0.2) is 24.0 Å². The van der Waals surface area contributed by atoms with Crippen molar-refractivity contribution in [1.29, 1.82) is 0 Å². The zero-order chi connectivity index (χ0) is 14.5. The molecule has 0 aromatic heterocycles. The van der Waals surface area contributed by atoms with Crippen molar-refractivity contribution in [2.24, 2.45) is 0 Å². The minimum absolute atomic E-state index is 0.184. The molecule has 0 saturated carbocycles. The number of carbonyl (C=O) groups excluding carboxylic acids is 1. The smallest absolute Gasteiger partial charge is 0.235 e. The highest BCUT2D eigenvalue weighted by molar-refractivity contribution is 5.77. The Balaban J connectivity index is 1.71. The number of nitrogens with one attached hydrogen (secondary N) is 1. The van der Waals surface area contributed by atoms with E-state index in [1.807, 2.05) is 0 Å². The molecule has 1 heterocycles. The van der Waals surface area contributed by atoms with Crippen molar-refractivity contribution in [1.82, 2.24) is 10.4 Å². The molecular weight excluding hydrogens is 248 g/mol. The standard InChI is InChI=1S/C17H34N2O/c1-2-3-4-5-6-7-8-9-10-11-12-13-15-19-16-14-17(20)18-19/h2-16H2,1H3,(H,18,20). The first-order valence-electron chi connectivity index (χ1n) is 8.87. The zero-order valence-electron chi connectivity index (χ0n) is 13.5. The highest BCUT2D eigenvalue weighted by Crippen LogP contribution is 2.12. The summed E-state index contributed by atoms with van der Waals surface area (Å²) in [5, 5.41) is 2.07. The number of hydrazine groups is 1. The van der Waals surface area contributed by atoms with Gasteiger partial charge in [-0.1, -0.05) is 77.6 Å². The van der Waals surface area contributed by atoms with E-state index in [-0.39, 0.29) is 5.91 Å². The second-order valence-electron chi connectivity index (χ2n) is 6.16. The zero-order valence-corrected chi connectivity index (χ0v) is 13.5. The Labute approximate surface area is 125 Å². The molecule has 1 aliphatic rings. The molecule has 1 fully saturated rings. The fourth-order valence-electron chi connectivity index (χ4n) is 2.84. The van der Waals surface area contributed by atoms with E-state index in [0.717, 1.165) is 13.1 Å². The Morgan fingerprint density at radius 2 is 1.35 bits per heavy atom. The van der Waals surface area contributed by atoms with Crippen LogP contribution < -0.4 is 5.43 Å². The minimum Gasteiger partial charge on any atom is -0.289 e. The van der Waals surface area contributed by atoms with E-state index >= 15 is 0 Å². The van der Waals surface area contributed by atoms with Gasteiger partial charge in [0.05, 0.1) is 0 Å². The van der Waals surface area contributed by atoms with Crippen LogP contribution >= 0.6 is 0 Å². The minimum atomic E-state index is 0.184. The van der Waals surface area contributed by atoms with Crippen molar-refractivity contribution >= 4 is 5.91 Å². The van der Waals surface area contributed by atoms with Crippen molar-refractivity contribution in [3.63, 3.8) is 0 Å². The van der Waals surface area contributed by atoms with Gasteiger partial charge in [0.25, 0.3) is 0 Å². The molecule has 0 aromatic rings. The van der Waals surface area contributed by atoms with Crippen molar-refractivity contribution in [3.8, 4) is 0 Å². The first-order chi connectivity index (χ1) is 9.83.